The first-order valence-electron chi connectivity index (χ1n) is 9.75. The molecule has 0 aliphatic carbocycles. The Balaban J connectivity index is 1.27. The lowest BCUT2D eigenvalue weighted by molar-refractivity contribution is 0.0515. The Bertz CT molecular complexity index is 901. The van der Waals surface area contributed by atoms with Gasteiger partial charge in [-0.1, -0.05) is 17.7 Å². The standard InChI is InChI=1S/C21H23ClN4O2/c22-15-4-5-17-16(11-15)18(27)6-9-26(17)20(28)25-13-21(14-25)7-10-24(12-21)19-3-1-2-8-23-19/h1-5,8,11,18,27H,6-7,9-10,12-14H2. The molecule has 1 N–H and O–H groups in total. The van der Waals surface area contributed by atoms with Crippen molar-refractivity contribution in [2.75, 3.05) is 42.5 Å². The summed E-state index contributed by atoms with van der Waals surface area (Å²) in [4.78, 5) is 23.6. The normalized spacial score (nSPS) is 22.9. The number of urea groups is 1. The number of halogens is 1. The van der Waals surface area contributed by atoms with E-state index in [0.717, 1.165) is 49.7 Å². The number of carbonyl (C=O) groups excluding carboxylic acids is 1. The number of aliphatic hydroxyl groups is 1. The number of fused-ring (bicyclic) bond motifs is 1. The fraction of sp³-hybridized carbons (Fsp3) is 0.429. The third-order valence-electron chi connectivity index (χ3n) is 6.23. The number of nitrogens with zero attached hydrogens (tertiary/aromatic N) is 4. The summed E-state index contributed by atoms with van der Waals surface area (Å²) in [7, 11) is 0. The van der Waals surface area contributed by atoms with E-state index in [-0.39, 0.29) is 11.4 Å². The Morgan fingerprint density at radius 2 is 2.04 bits per heavy atom. The lowest BCUT2D eigenvalue weighted by Crippen LogP contribution is -2.62. The van der Waals surface area contributed by atoms with Gasteiger partial charge in [0.25, 0.3) is 0 Å². The number of rotatable bonds is 1. The van der Waals surface area contributed by atoms with Gasteiger partial charge < -0.3 is 14.9 Å². The minimum atomic E-state index is -0.567. The maximum absolute atomic E-state index is 13.1. The molecule has 6 nitrogen and oxygen atoms in total. The summed E-state index contributed by atoms with van der Waals surface area (Å²) in [5.41, 5.74) is 1.69. The molecule has 1 aromatic carbocycles. The second-order valence-electron chi connectivity index (χ2n) is 8.16. The second-order valence-corrected chi connectivity index (χ2v) is 8.59. The highest BCUT2D eigenvalue weighted by molar-refractivity contribution is 6.30. The third-order valence-corrected chi connectivity index (χ3v) is 6.47. The average Bonchev–Trinajstić information content (AvgIpc) is 3.14. The smallest absolute Gasteiger partial charge is 0.324 e. The Labute approximate surface area is 169 Å². The maximum atomic E-state index is 13.1. The molecule has 1 spiro atoms. The van der Waals surface area contributed by atoms with Crippen LogP contribution in [0.4, 0.5) is 16.3 Å². The van der Waals surface area contributed by atoms with Crippen molar-refractivity contribution in [2.45, 2.75) is 18.9 Å². The van der Waals surface area contributed by atoms with E-state index >= 15 is 0 Å². The number of aromatic nitrogens is 1. The summed E-state index contributed by atoms with van der Waals surface area (Å²) in [6, 6.07) is 11.4. The minimum absolute atomic E-state index is 0.0254. The van der Waals surface area contributed by atoms with Gasteiger partial charge in [-0.3, -0.25) is 4.90 Å². The van der Waals surface area contributed by atoms with E-state index in [9.17, 15) is 9.90 Å². The van der Waals surface area contributed by atoms with Crippen molar-refractivity contribution in [1.29, 1.82) is 0 Å². The number of hydrogen-bond donors (Lipinski definition) is 1. The second kappa shape index (κ2) is 6.64. The number of anilines is 2. The molecule has 1 unspecified atom stereocenters. The Morgan fingerprint density at radius 3 is 2.82 bits per heavy atom. The molecule has 0 saturated carbocycles. The Hall–Kier alpha value is -2.31. The first-order valence-corrected chi connectivity index (χ1v) is 10.1. The highest BCUT2D eigenvalue weighted by Gasteiger charge is 2.50. The zero-order chi connectivity index (χ0) is 19.3. The zero-order valence-electron chi connectivity index (χ0n) is 15.6. The number of carbonyl (C=O) groups is 1. The third kappa shape index (κ3) is 2.91. The minimum Gasteiger partial charge on any atom is -0.388 e. The van der Waals surface area contributed by atoms with Gasteiger partial charge in [-0.05, 0) is 43.2 Å². The van der Waals surface area contributed by atoms with E-state index in [1.807, 2.05) is 35.4 Å². The van der Waals surface area contributed by atoms with Gasteiger partial charge in [0.05, 0.1) is 11.8 Å². The van der Waals surface area contributed by atoms with Crippen molar-refractivity contribution in [3.05, 3.63) is 53.2 Å². The van der Waals surface area contributed by atoms with Gasteiger partial charge in [0.1, 0.15) is 5.82 Å². The van der Waals surface area contributed by atoms with E-state index in [2.05, 4.69) is 9.88 Å². The summed E-state index contributed by atoms with van der Waals surface area (Å²) >= 11 is 6.08. The van der Waals surface area contributed by atoms with Crippen LogP contribution in [0.1, 0.15) is 24.5 Å². The van der Waals surface area contributed by atoms with Gasteiger partial charge in [-0.15, -0.1) is 0 Å². The molecule has 1 aromatic heterocycles. The van der Waals surface area contributed by atoms with Crippen LogP contribution >= 0.6 is 11.6 Å². The molecular formula is C21H23ClN4O2. The largest absolute Gasteiger partial charge is 0.388 e. The van der Waals surface area contributed by atoms with Crippen molar-refractivity contribution in [3.63, 3.8) is 0 Å². The van der Waals surface area contributed by atoms with Crippen LogP contribution in [0.3, 0.4) is 0 Å². The lowest BCUT2D eigenvalue weighted by Gasteiger charge is -2.50. The molecule has 3 aliphatic heterocycles. The van der Waals surface area contributed by atoms with Gasteiger partial charge in [0, 0.05) is 54.9 Å². The van der Waals surface area contributed by atoms with Crippen LogP contribution in [0, 0.1) is 5.41 Å². The summed E-state index contributed by atoms with van der Waals surface area (Å²) in [5.74, 6) is 1.01. The molecule has 0 bridgehead atoms. The van der Waals surface area contributed by atoms with E-state index in [1.54, 1.807) is 17.0 Å². The number of hydrogen-bond acceptors (Lipinski definition) is 4. The van der Waals surface area contributed by atoms with Crippen LogP contribution < -0.4 is 9.80 Å². The average molecular weight is 399 g/mol. The lowest BCUT2D eigenvalue weighted by atomic mass is 9.79. The molecule has 2 fully saturated rings. The molecule has 5 rings (SSSR count). The molecule has 3 aliphatic rings. The van der Waals surface area contributed by atoms with Crippen molar-refractivity contribution in [3.8, 4) is 0 Å². The quantitative estimate of drug-likeness (QED) is 0.800. The van der Waals surface area contributed by atoms with Crippen molar-refractivity contribution >= 4 is 29.1 Å². The molecule has 0 radical (unpaired) electrons. The number of aliphatic hydroxyl groups excluding tert-OH is 1. The van der Waals surface area contributed by atoms with E-state index in [4.69, 9.17) is 11.6 Å². The summed E-state index contributed by atoms with van der Waals surface area (Å²) in [6.45, 7) is 4.00. The highest BCUT2D eigenvalue weighted by Crippen LogP contribution is 2.43. The van der Waals surface area contributed by atoms with Gasteiger partial charge in [0.15, 0.2) is 0 Å². The Kier molecular flexibility index (Phi) is 4.21. The van der Waals surface area contributed by atoms with Crippen molar-refractivity contribution in [2.24, 2.45) is 5.41 Å². The molecule has 2 aromatic rings. The number of amides is 2. The molecule has 2 saturated heterocycles. The number of likely N-dealkylation sites (tertiary alicyclic amines) is 1. The molecule has 7 heteroatoms. The SMILES string of the molecule is O=C(N1CC2(CCN(c3ccccn3)C2)C1)N1CCC(O)c2cc(Cl)ccc21. The topological polar surface area (TPSA) is 59.9 Å². The Morgan fingerprint density at radius 1 is 1.18 bits per heavy atom. The van der Waals surface area contributed by atoms with E-state index in [1.165, 1.54) is 0 Å². The molecule has 2 amide bonds. The van der Waals surface area contributed by atoms with Crippen LogP contribution in [0.5, 0.6) is 0 Å². The fourth-order valence-electron chi connectivity index (χ4n) is 4.76. The van der Waals surface area contributed by atoms with Crippen LogP contribution in [0.25, 0.3) is 0 Å². The summed E-state index contributed by atoms with van der Waals surface area (Å²) in [5, 5.41) is 10.9. The first kappa shape index (κ1) is 17.8. The van der Waals surface area contributed by atoms with E-state index < -0.39 is 6.10 Å². The molecule has 1 atom stereocenters. The van der Waals surface area contributed by atoms with E-state index in [0.29, 0.717) is 18.0 Å². The van der Waals surface area contributed by atoms with Crippen molar-refractivity contribution < 1.29 is 9.90 Å². The molecule has 28 heavy (non-hydrogen) atoms. The first-order chi connectivity index (χ1) is 13.5. The van der Waals surface area contributed by atoms with Gasteiger partial charge in [-0.2, -0.15) is 0 Å². The highest BCUT2D eigenvalue weighted by atomic mass is 35.5. The predicted molar refractivity (Wildman–Crippen MR) is 109 cm³/mol. The van der Waals surface area contributed by atoms with Crippen molar-refractivity contribution in [1.82, 2.24) is 9.88 Å². The monoisotopic (exact) mass is 398 g/mol. The van der Waals surface area contributed by atoms with Crippen LogP contribution in [0.2, 0.25) is 5.02 Å². The van der Waals surface area contributed by atoms with Gasteiger partial charge in [-0.25, -0.2) is 9.78 Å². The van der Waals surface area contributed by atoms with Crippen LogP contribution in [-0.4, -0.2) is 53.7 Å². The fourth-order valence-corrected chi connectivity index (χ4v) is 4.94. The van der Waals surface area contributed by atoms with Gasteiger partial charge >= 0.3 is 6.03 Å². The molecular weight excluding hydrogens is 376 g/mol. The zero-order valence-corrected chi connectivity index (χ0v) is 16.3. The molecule has 146 valence electrons. The molecule has 4 heterocycles. The van der Waals surface area contributed by atoms with Crippen LogP contribution in [-0.2, 0) is 0 Å². The summed E-state index contributed by atoms with van der Waals surface area (Å²) in [6.07, 6.45) is 2.87. The van der Waals surface area contributed by atoms with Crippen LogP contribution in [0.15, 0.2) is 42.6 Å². The number of pyridine rings is 1. The van der Waals surface area contributed by atoms with Gasteiger partial charge in [0.2, 0.25) is 0 Å². The summed E-state index contributed by atoms with van der Waals surface area (Å²) < 4.78 is 0. The predicted octanol–water partition coefficient (Wildman–Crippen LogP) is 3.31. The maximum Gasteiger partial charge on any atom is 0.324 e. The number of benzene rings is 1.